The van der Waals surface area contributed by atoms with Gasteiger partial charge in [0.1, 0.15) is 18.0 Å². The lowest BCUT2D eigenvalue weighted by molar-refractivity contribution is -0.0724. The molecular formula is C18H20ClNO2. The molecule has 1 atom stereocenters. The van der Waals surface area contributed by atoms with Crippen LogP contribution in [0.4, 0.5) is 0 Å². The highest BCUT2D eigenvalue weighted by atomic mass is 35.5. The molecule has 1 heterocycles. The smallest absolute Gasteiger partial charge is 0.138 e. The summed E-state index contributed by atoms with van der Waals surface area (Å²) in [4.78, 5) is 0. The Balaban J connectivity index is 1.84. The van der Waals surface area contributed by atoms with Gasteiger partial charge in [-0.2, -0.15) is 0 Å². The minimum Gasteiger partial charge on any atom is -0.489 e. The molecule has 1 N–H and O–H groups in total. The van der Waals surface area contributed by atoms with Crippen molar-refractivity contribution in [2.45, 2.75) is 12.0 Å². The molecule has 1 aliphatic rings. The fourth-order valence-electron chi connectivity index (χ4n) is 2.73. The molecule has 2 aromatic rings. The molecule has 1 saturated heterocycles. The molecule has 22 heavy (non-hydrogen) atoms. The van der Waals surface area contributed by atoms with Gasteiger partial charge in [0.2, 0.25) is 0 Å². The van der Waals surface area contributed by atoms with Crippen molar-refractivity contribution in [2.75, 3.05) is 26.3 Å². The summed E-state index contributed by atoms with van der Waals surface area (Å²) < 4.78 is 12.2. The second kappa shape index (κ2) is 7.14. The molecule has 3 nitrogen and oxygen atoms in total. The van der Waals surface area contributed by atoms with Crippen LogP contribution in [0.1, 0.15) is 12.0 Å². The first kappa shape index (κ1) is 15.3. The van der Waals surface area contributed by atoms with E-state index in [0.29, 0.717) is 24.0 Å². The summed E-state index contributed by atoms with van der Waals surface area (Å²) in [6.45, 7) is 2.88. The number of nitrogens with one attached hydrogen (secondary N) is 1. The molecule has 0 amide bonds. The van der Waals surface area contributed by atoms with Crippen LogP contribution in [0.5, 0.6) is 5.75 Å². The Morgan fingerprint density at radius 1 is 1.05 bits per heavy atom. The van der Waals surface area contributed by atoms with Gasteiger partial charge in [0.15, 0.2) is 0 Å². The van der Waals surface area contributed by atoms with E-state index in [0.717, 1.165) is 25.1 Å². The minimum absolute atomic E-state index is 0.441. The number of ether oxygens (including phenoxy) is 2. The Morgan fingerprint density at radius 3 is 2.64 bits per heavy atom. The van der Waals surface area contributed by atoms with E-state index in [1.807, 2.05) is 42.5 Å². The summed E-state index contributed by atoms with van der Waals surface area (Å²) in [5.41, 5.74) is 0.704. The summed E-state index contributed by atoms with van der Waals surface area (Å²) in [6.07, 6.45) is 0.863. The number of rotatable bonds is 4. The molecule has 0 aromatic heterocycles. The average Bonchev–Trinajstić information content (AvgIpc) is 2.82. The van der Waals surface area contributed by atoms with E-state index >= 15 is 0 Å². The topological polar surface area (TPSA) is 30.5 Å². The molecular weight excluding hydrogens is 298 g/mol. The minimum atomic E-state index is -0.441. The van der Waals surface area contributed by atoms with Gasteiger partial charge in [-0.15, -0.1) is 0 Å². The van der Waals surface area contributed by atoms with Gasteiger partial charge in [-0.25, -0.2) is 0 Å². The number of hydrogen-bond donors (Lipinski definition) is 1. The van der Waals surface area contributed by atoms with Crippen molar-refractivity contribution in [3.8, 4) is 5.75 Å². The molecule has 4 heteroatoms. The molecule has 1 aliphatic heterocycles. The predicted octanol–water partition coefficient (Wildman–Crippen LogP) is 3.62. The Bertz CT molecular complexity index is 595. The highest BCUT2D eigenvalue weighted by molar-refractivity contribution is 6.32. The lowest BCUT2D eigenvalue weighted by Gasteiger charge is -2.33. The van der Waals surface area contributed by atoms with Gasteiger partial charge in [-0.05, 0) is 30.7 Å². The molecule has 0 spiro atoms. The van der Waals surface area contributed by atoms with Crippen LogP contribution in [0, 0.1) is 0 Å². The first-order valence-corrected chi connectivity index (χ1v) is 7.95. The van der Waals surface area contributed by atoms with E-state index in [1.54, 1.807) is 0 Å². The molecule has 116 valence electrons. The first-order valence-electron chi connectivity index (χ1n) is 7.58. The van der Waals surface area contributed by atoms with E-state index < -0.39 is 5.60 Å². The van der Waals surface area contributed by atoms with Gasteiger partial charge in [-0.3, -0.25) is 0 Å². The Morgan fingerprint density at radius 2 is 1.82 bits per heavy atom. The predicted molar refractivity (Wildman–Crippen MR) is 88.5 cm³/mol. The Kier molecular flexibility index (Phi) is 4.98. The zero-order valence-electron chi connectivity index (χ0n) is 12.4. The second-order valence-electron chi connectivity index (χ2n) is 5.43. The maximum Gasteiger partial charge on any atom is 0.138 e. The summed E-state index contributed by atoms with van der Waals surface area (Å²) in [5.74, 6) is 0.695. The highest BCUT2D eigenvalue weighted by Gasteiger charge is 2.35. The van der Waals surface area contributed by atoms with Crippen LogP contribution in [0.25, 0.3) is 0 Å². The quantitative estimate of drug-likeness (QED) is 0.934. The fourth-order valence-corrected chi connectivity index (χ4v) is 2.92. The highest BCUT2D eigenvalue weighted by Crippen LogP contribution is 2.33. The summed E-state index contributed by atoms with van der Waals surface area (Å²) in [5, 5.41) is 4.00. The summed E-state index contributed by atoms with van der Waals surface area (Å²) in [6, 6.07) is 17.8. The molecule has 1 fully saturated rings. The van der Waals surface area contributed by atoms with Gasteiger partial charge >= 0.3 is 0 Å². The van der Waals surface area contributed by atoms with E-state index in [-0.39, 0.29) is 0 Å². The average molecular weight is 318 g/mol. The van der Waals surface area contributed by atoms with Crippen molar-refractivity contribution in [1.29, 1.82) is 0 Å². The lowest BCUT2D eigenvalue weighted by atomic mass is 9.91. The summed E-state index contributed by atoms with van der Waals surface area (Å²) in [7, 11) is 0. The third kappa shape index (κ3) is 3.43. The Hall–Kier alpha value is -1.55. The maximum absolute atomic E-state index is 6.21. The largest absolute Gasteiger partial charge is 0.489 e. The molecule has 0 radical (unpaired) electrons. The van der Waals surface area contributed by atoms with Crippen molar-refractivity contribution >= 4 is 11.6 Å². The van der Waals surface area contributed by atoms with Crippen molar-refractivity contribution < 1.29 is 9.47 Å². The van der Waals surface area contributed by atoms with E-state index in [9.17, 15) is 0 Å². The fraction of sp³-hybridized carbons (Fsp3) is 0.333. The van der Waals surface area contributed by atoms with Gasteiger partial charge in [0, 0.05) is 6.54 Å². The van der Waals surface area contributed by atoms with Crippen LogP contribution < -0.4 is 10.1 Å². The monoisotopic (exact) mass is 317 g/mol. The standard InChI is InChI=1S/C18H20ClNO2/c19-16-8-4-5-9-17(16)21-14-18(10-11-20-12-13-22-18)15-6-2-1-3-7-15/h1-9,20H,10-14H2. The van der Waals surface area contributed by atoms with Gasteiger partial charge in [0.25, 0.3) is 0 Å². The summed E-state index contributed by atoms with van der Waals surface area (Å²) >= 11 is 6.19. The lowest BCUT2D eigenvalue weighted by Crippen LogP contribution is -2.37. The SMILES string of the molecule is Clc1ccccc1OCC1(c2ccccc2)CCNCCO1. The molecule has 0 bridgehead atoms. The number of halogens is 1. The van der Waals surface area contributed by atoms with E-state index in [4.69, 9.17) is 21.1 Å². The zero-order chi connectivity index (χ0) is 15.3. The van der Waals surface area contributed by atoms with Crippen molar-refractivity contribution in [1.82, 2.24) is 5.32 Å². The third-order valence-electron chi connectivity index (χ3n) is 3.96. The van der Waals surface area contributed by atoms with Gasteiger partial charge in [0.05, 0.1) is 11.6 Å². The molecule has 1 unspecified atom stereocenters. The van der Waals surface area contributed by atoms with Gasteiger partial charge < -0.3 is 14.8 Å². The maximum atomic E-state index is 6.21. The Labute approximate surface area is 136 Å². The van der Waals surface area contributed by atoms with Crippen molar-refractivity contribution in [2.24, 2.45) is 0 Å². The zero-order valence-corrected chi connectivity index (χ0v) is 13.2. The molecule has 2 aromatic carbocycles. The first-order chi connectivity index (χ1) is 10.8. The number of para-hydroxylation sites is 1. The normalized spacial score (nSPS) is 22.0. The molecule has 3 rings (SSSR count). The van der Waals surface area contributed by atoms with Crippen LogP contribution in [0.3, 0.4) is 0 Å². The van der Waals surface area contributed by atoms with Crippen LogP contribution in [0.2, 0.25) is 5.02 Å². The van der Waals surface area contributed by atoms with Gasteiger partial charge in [-0.1, -0.05) is 54.1 Å². The van der Waals surface area contributed by atoms with Crippen LogP contribution >= 0.6 is 11.6 Å². The van der Waals surface area contributed by atoms with Crippen molar-refractivity contribution in [3.63, 3.8) is 0 Å². The van der Waals surface area contributed by atoms with Crippen LogP contribution in [0.15, 0.2) is 54.6 Å². The number of hydrogen-bond acceptors (Lipinski definition) is 3. The van der Waals surface area contributed by atoms with E-state index in [1.165, 1.54) is 0 Å². The van der Waals surface area contributed by atoms with Crippen LogP contribution in [-0.2, 0) is 10.3 Å². The third-order valence-corrected chi connectivity index (χ3v) is 4.27. The van der Waals surface area contributed by atoms with Crippen molar-refractivity contribution in [3.05, 3.63) is 65.2 Å². The molecule has 0 saturated carbocycles. The number of benzene rings is 2. The van der Waals surface area contributed by atoms with Crippen LogP contribution in [-0.4, -0.2) is 26.3 Å². The molecule has 0 aliphatic carbocycles. The second-order valence-corrected chi connectivity index (χ2v) is 5.84. The van der Waals surface area contributed by atoms with E-state index in [2.05, 4.69) is 17.4 Å².